The first-order valence-electron chi connectivity index (χ1n) is 8.19. The van der Waals surface area contributed by atoms with E-state index in [0.717, 1.165) is 30.0 Å². The molecule has 0 saturated heterocycles. The molecule has 6 heteroatoms. The van der Waals surface area contributed by atoms with Gasteiger partial charge in [-0.1, -0.05) is 13.3 Å². The van der Waals surface area contributed by atoms with Crippen LogP contribution in [0.25, 0.3) is 0 Å². The van der Waals surface area contributed by atoms with Gasteiger partial charge in [0.2, 0.25) is 0 Å². The molecule has 1 aliphatic heterocycles. The van der Waals surface area contributed by atoms with Crippen molar-refractivity contribution in [3.05, 3.63) is 47.0 Å². The number of phenolic OH excluding ortho intramolecular Hbond substituents is 3. The standard InChI is InChI=1S/C19H20O6/c1-2-3-13-14-9-12(25-18(14)7-6-15(13)20)10-24-19(23)11-4-5-16(21)17(22)8-11/h4-8,12,20-22H,2-3,9-10H2,1H3. The molecule has 0 spiro atoms. The number of carbonyl (C=O) groups excluding carboxylic acids is 1. The molecular weight excluding hydrogens is 324 g/mol. The van der Waals surface area contributed by atoms with Crippen LogP contribution in [0.2, 0.25) is 0 Å². The molecule has 3 rings (SSSR count). The van der Waals surface area contributed by atoms with Crippen LogP contribution < -0.4 is 4.74 Å². The molecule has 1 aliphatic rings. The van der Waals surface area contributed by atoms with Crippen LogP contribution in [-0.4, -0.2) is 34.0 Å². The Morgan fingerprint density at radius 2 is 1.92 bits per heavy atom. The summed E-state index contributed by atoms with van der Waals surface area (Å²) in [6.07, 6.45) is 1.92. The summed E-state index contributed by atoms with van der Waals surface area (Å²) in [5, 5.41) is 28.7. The Labute approximate surface area is 145 Å². The van der Waals surface area contributed by atoms with E-state index < -0.39 is 5.97 Å². The van der Waals surface area contributed by atoms with Crippen molar-refractivity contribution in [3.63, 3.8) is 0 Å². The fourth-order valence-electron chi connectivity index (χ4n) is 2.97. The van der Waals surface area contributed by atoms with Crippen molar-refractivity contribution in [2.24, 2.45) is 0 Å². The van der Waals surface area contributed by atoms with Crippen molar-refractivity contribution < 1.29 is 29.6 Å². The van der Waals surface area contributed by atoms with E-state index in [0.29, 0.717) is 12.2 Å². The van der Waals surface area contributed by atoms with E-state index in [1.54, 1.807) is 12.1 Å². The molecule has 2 aromatic carbocycles. The highest BCUT2D eigenvalue weighted by molar-refractivity contribution is 5.90. The monoisotopic (exact) mass is 344 g/mol. The van der Waals surface area contributed by atoms with Crippen molar-refractivity contribution in [3.8, 4) is 23.0 Å². The zero-order valence-corrected chi connectivity index (χ0v) is 13.9. The minimum absolute atomic E-state index is 0.0570. The minimum atomic E-state index is -0.605. The van der Waals surface area contributed by atoms with Gasteiger partial charge in [-0.05, 0) is 36.8 Å². The zero-order chi connectivity index (χ0) is 18.0. The fraction of sp³-hybridized carbons (Fsp3) is 0.316. The number of rotatable bonds is 5. The smallest absolute Gasteiger partial charge is 0.338 e. The Hall–Kier alpha value is -2.89. The highest BCUT2D eigenvalue weighted by Crippen LogP contribution is 2.37. The second-order valence-corrected chi connectivity index (χ2v) is 6.04. The minimum Gasteiger partial charge on any atom is -0.508 e. The SMILES string of the molecule is CCCc1c(O)ccc2c1CC(COC(=O)c1ccc(O)c(O)c1)O2. The summed E-state index contributed by atoms with van der Waals surface area (Å²) >= 11 is 0. The number of fused-ring (bicyclic) bond motifs is 1. The van der Waals surface area contributed by atoms with E-state index in [-0.39, 0.29) is 35.5 Å². The predicted molar refractivity (Wildman–Crippen MR) is 90.3 cm³/mol. The van der Waals surface area contributed by atoms with Crippen LogP contribution in [0.5, 0.6) is 23.0 Å². The highest BCUT2D eigenvalue weighted by Gasteiger charge is 2.28. The molecule has 1 unspecified atom stereocenters. The van der Waals surface area contributed by atoms with Gasteiger partial charge in [-0.25, -0.2) is 4.79 Å². The topological polar surface area (TPSA) is 96.2 Å². The van der Waals surface area contributed by atoms with Gasteiger partial charge < -0.3 is 24.8 Å². The third kappa shape index (κ3) is 3.47. The normalized spacial score (nSPS) is 15.5. The van der Waals surface area contributed by atoms with Crippen molar-refractivity contribution in [2.45, 2.75) is 32.3 Å². The largest absolute Gasteiger partial charge is 0.508 e. The Morgan fingerprint density at radius 3 is 2.64 bits per heavy atom. The molecule has 25 heavy (non-hydrogen) atoms. The van der Waals surface area contributed by atoms with Crippen LogP contribution in [0.15, 0.2) is 30.3 Å². The number of ether oxygens (including phenoxy) is 2. The molecule has 6 nitrogen and oxygen atoms in total. The van der Waals surface area contributed by atoms with Gasteiger partial charge in [0.1, 0.15) is 24.2 Å². The third-order valence-electron chi connectivity index (χ3n) is 4.20. The number of phenols is 3. The van der Waals surface area contributed by atoms with Gasteiger partial charge in [0.05, 0.1) is 5.56 Å². The molecule has 3 N–H and O–H groups in total. The van der Waals surface area contributed by atoms with Crippen molar-refractivity contribution in [2.75, 3.05) is 6.61 Å². The molecule has 1 atom stereocenters. The summed E-state index contributed by atoms with van der Waals surface area (Å²) in [7, 11) is 0. The van der Waals surface area contributed by atoms with Gasteiger partial charge in [-0.15, -0.1) is 0 Å². The molecule has 0 bridgehead atoms. The van der Waals surface area contributed by atoms with Gasteiger partial charge in [0.15, 0.2) is 11.5 Å². The van der Waals surface area contributed by atoms with Crippen LogP contribution in [0.4, 0.5) is 0 Å². The molecule has 0 aromatic heterocycles. The summed E-state index contributed by atoms with van der Waals surface area (Å²) in [5.74, 6) is -0.300. The molecule has 0 amide bonds. The number of hydrogen-bond donors (Lipinski definition) is 3. The number of carbonyl (C=O) groups is 1. The first-order chi connectivity index (χ1) is 12.0. The summed E-state index contributed by atoms with van der Waals surface area (Å²) in [6.45, 7) is 2.10. The fourth-order valence-corrected chi connectivity index (χ4v) is 2.97. The predicted octanol–water partition coefficient (Wildman–Crippen LogP) is 2.92. The molecular formula is C19H20O6. The zero-order valence-electron chi connectivity index (χ0n) is 13.9. The van der Waals surface area contributed by atoms with E-state index in [4.69, 9.17) is 9.47 Å². The lowest BCUT2D eigenvalue weighted by molar-refractivity contribution is 0.0346. The lowest BCUT2D eigenvalue weighted by Crippen LogP contribution is -2.23. The summed E-state index contributed by atoms with van der Waals surface area (Å²) in [5.41, 5.74) is 2.00. The average Bonchev–Trinajstić information content (AvgIpc) is 3.01. The average molecular weight is 344 g/mol. The van der Waals surface area contributed by atoms with Gasteiger partial charge >= 0.3 is 5.97 Å². The Bertz CT molecular complexity index is 799. The first kappa shape index (κ1) is 17.0. The van der Waals surface area contributed by atoms with Crippen molar-refractivity contribution in [1.29, 1.82) is 0 Å². The quantitative estimate of drug-likeness (QED) is 0.570. The van der Waals surface area contributed by atoms with Crippen molar-refractivity contribution in [1.82, 2.24) is 0 Å². The number of esters is 1. The molecule has 0 radical (unpaired) electrons. The van der Waals surface area contributed by atoms with E-state index in [9.17, 15) is 20.1 Å². The van der Waals surface area contributed by atoms with E-state index in [1.807, 2.05) is 6.92 Å². The van der Waals surface area contributed by atoms with Gasteiger partial charge in [0.25, 0.3) is 0 Å². The second kappa shape index (κ2) is 6.93. The van der Waals surface area contributed by atoms with Crippen LogP contribution in [-0.2, 0) is 17.6 Å². The van der Waals surface area contributed by atoms with Gasteiger partial charge in [-0.2, -0.15) is 0 Å². The number of benzene rings is 2. The second-order valence-electron chi connectivity index (χ2n) is 6.04. The lowest BCUT2D eigenvalue weighted by atomic mass is 9.98. The van der Waals surface area contributed by atoms with Gasteiger partial charge in [-0.3, -0.25) is 0 Å². The van der Waals surface area contributed by atoms with Crippen LogP contribution in [0.1, 0.15) is 34.8 Å². The Kier molecular flexibility index (Phi) is 4.70. The molecule has 132 valence electrons. The Balaban J connectivity index is 1.64. The van der Waals surface area contributed by atoms with Crippen LogP contribution >= 0.6 is 0 Å². The molecule has 2 aromatic rings. The summed E-state index contributed by atoms with van der Waals surface area (Å²) < 4.78 is 11.0. The maximum atomic E-state index is 12.1. The maximum absolute atomic E-state index is 12.1. The number of hydrogen-bond acceptors (Lipinski definition) is 6. The third-order valence-corrected chi connectivity index (χ3v) is 4.20. The molecule has 0 fully saturated rings. The molecule has 0 saturated carbocycles. The van der Waals surface area contributed by atoms with Crippen LogP contribution in [0.3, 0.4) is 0 Å². The van der Waals surface area contributed by atoms with Crippen LogP contribution in [0, 0.1) is 0 Å². The molecule has 0 aliphatic carbocycles. The molecule has 1 heterocycles. The first-order valence-corrected chi connectivity index (χ1v) is 8.19. The lowest BCUT2D eigenvalue weighted by Gasteiger charge is -2.11. The summed E-state index contributed by atoms with van der Waals surface area (Å²) in [6, 6.07) is 7.10. The van der Waals surface area contributed by atoms with E-state index in [2.05, 4.69) is 0 Å². The highest BCUT2D eigenvalue weighted by atomic mass is 16.6. The Morgan fingerprint density at radius 1 is 1.16 bits per heavy atom. The summed E-state index contributed by atoms with van der Waals surface area (Å²) in [4.78, 5) is 12.1. The maximum Gasteiger partial charge on any atom is 0.338 e. The van der Waals surface area contributed by atoms with E-state index >= 15 is 0 Å². The van der Waals surface area contributed by atoms with E-state index in [1.165, 1.54) is 12.1 Å². The van der Waals surface area contributed by atoms with Gasteiger partial charge in [0, 0.05) is 17.5 Å². The van der Waals surface area contributed by atoms with Crippen molar-refractivity contribution >= 4 is 5.97 Å². The number of aromatic hydroxyl groups is 3.